The highest BCUT2D eigenvalue weighted by molar-refractivity contribution is 5.34. The minimum absolute atomic E-state index is 0.231. The van der Waals surface area contributed by atoms with Gasteiger partial charge >= 0.3 is 11.4 Å². The van der Waals surface area contributed by atoms with Gasteiger partial charge in [0.15, 0.2) is 0 Å². The van der Waals surface area contributed by atoms with Gasteiger partial charge in [-0.25, -0.2) is 22.9 Å². The predicted octanol–water partition coefficient (Wildman–Crippen LogP) is 1.36. The smallest absolute Gasteiger partial charge is 0.335 e. The highest BCUT2D eigenvalue weighted by Crippen LogP contribution is 2.27. The normalized spacial score (nSPS) is 10.6. The summed E-state index contributed by atoms with van der Waals surface area (Å²) >= 11 is 0. The van der Waals surface area contributed by atoms with E-state index in [0.29, 0.717) is 0 Å². The van der Waals surface area contributed by atoms with E-state index in [1.807, 2.05) is 0 Å². The van der Waals surface area contributed by atoms with Crippen LogP contribution in [0.2, 0.25) is 0 Å². The first-order valence-electron chi connectivity index (χ1n) is 3.28. The first-order chi connectivity index (χ1) is 6.43. The van der Waals surface area contributed by atoms with E-state index >= 15 is 0 Å². The molecule has 1 aromatic heterocycles. The maximum absolute atomic E-state index is 12.7. The lowest BCUT2D eigenvalue weighted by Crippen LogP contribution is -2.12. The summed E-state index contributed by atoms with van der Waals surface area (Å²) in [5.74, 6) is -2.90. The molecule has 1 N–H and O–H groups in total. The van der Waals surface area contributed by atoms with Crippen molar-refractivity contribution in [3.63, 3.8) is 0 Å². The van der Waals surface area contributed by atoms with Gasteiger partial charge in [0.25, 0.3) is 6.43 Å². The number of aromatic amines is 1. The van der Waals surface area contributed by atoms with E-state index in [1.165, 1.54) is 4.98 Å². The van der Waals surface area contributed by atoms with Crippen LogP contribution in [0.3, 0.4) is 0 Å². The molecule has 0 fully saturated rings. The highest BCUT2D eigenvalue weighted by atomic mass is 19.3. The Balaban J connectivity index is 3.52. The molecule has 0 spiro atoms. The number of nitro groups is 1. The van der Waals surface area contributed by atoms with E-state index in [9.17, 15) is 28.1 Å². The summed E-state index contributed by atoms with van der Waals surface area (Å²) in [5.41, 5.74) is -2.55. The number of pyridine rings is 1. The zero-order valence-electron chi connectivity index (χ0n) is 6.46. The summed E-state index contributed by atoms with van der Waals surface area (Å²) < 4.78 is 36.9. The topological polar surface area (TPSA) is 76.0 Å². The zero-order chi connectivity index (χ0) is 10.9. The number of aromatic nitrogens is 1. The number of hydrogen-bond acceptors (Lipinski definition) is 3. The van der Waals surface area contributed by atoms with Crippen LogP contribution in [-0.4, -0.2) is 9.91 Å². The van der Waals surface area contributed by atoms with Gasteiger partial charge in [0.2, 0.25) is 0 Å². The molecule has 8 heteroatoms. The van der Waals surface area contributed by atoms with E-state index in [-0.39, 0.29) is 6.07 Å². The molecule has 0 aliphatic carbocycles. The molecule has 5 nitrogen and oxygen atoms in total. The van der Waals surface area contributed by atoms with Crippen molar-refractivity contribution < 1.29 is 18.1 Å². The zero-order valence-corrected chi connectivity index (χ0v) is 6.46. The largest absolute Gasteiger partial charge is 0.358 e. The minimum atomic E-state index is -3.35. The Labute approximate surface area is 74.3 Å². The molecule has 0 radical (unpaired) electrons. The van der Waals surface area contributed by atoms with Gasteiger partial charge in [0.1, 0.15) is 11.4 Å². The molecule has 14 heavy (non-hydrogen) atoms. The molecule has 0 aliphatic heterocycles. The number of hydrogen-bond donors (Lipinski definition) is 1. The average Bonchev–Trinajstić information content (AvgIpc) is 2.01. The van der Waals surface area contributed by atoms with Gasteiger partial charge in [-0.2, -0.15) is 0 Å². The third-order valence-electron chi connectivity index (χ3n) is 1.41. The Hall–Kier alpha value is -1.86. The minimum Gasteiger partial charge on any atom is -0.358 e. The second-order valence-electron chi connectivity index (χ2n) is 2.30. The third kappa shape index (κ3) is 1.73. The number of nitrogens with zero attached hydrogens (tertiary/aromatic N) is 1. The molecule has 1 rings (SSSR count). The average molecular weight is 208 g/mol. The Bertz CT molecular complexity index is 429. The highest BCUT2D eigenvalue weighted by Gasteiger charge is 2.26. The second-order valence-corrected chi connectivity index (χ2v) is 2.30. The number of nitrogens with one attached hydrogen (secondary N) is 1. The van der Waals surface area contributed by atoms with Crippen LogP contribution >= 0.6 is 0 Å². The van der Waals surface area contributed by atoms with Crippen molar-refractivity contribution in [1.29, 1.82) is 0 Å². The maximum Gasteiger partial charge on any atom is 0.335 e. The van der Waals surface area contributed by atoms with Gasteiger partial charge in [0.05, 0.1) is 6.07 Å². The van der Waals surface area contributed by atoms with E-state index in [4.69, 9.17) is 0 Å². The summed E-state index contributed by atoms with van der Waals surface area (Å²) in [6, 6.07) is 0.231. The van der Waals surface area contributed by atoms with Crippen LogP contribution in [-0.2, 0) is 0 Å². The van der Waals surface area contributed by atoms with Crippen molar-refractivity contribution in [1.82, 2.24) is 4.98 Å². The van der Waals surface area contributed by atoms with Crippen LogP contribution in [0.15, 0.2) is 10.9 Å². The fraction of sp³-hybridized carbons (Fsp3) is 0.167. The molecular formula is C6H3F3N2O3. The summed E-state index contributed by atoms with van der Waals surface area (Å²) in [7, 11) is 0. The third-order valence-corrected chi connectivity index (χ3v) is 1.41. The van der Waals surface area contributed by atoms with Crippen molar-refractivity contribution in [2.45, 2.75) is 6.43 Å². The second kappa shape index (κ2) is 3.48. The van der Waals surface area contributed by atoms with Crippen molar-refractivity contribution in [2.75, 3.05) is 0 Å². The number of rotatable bonds is 2. The van der Waals surface area contributed by atoms with Crippen LogP contribution in [0.4, 0.5) is 19.0 Å². The molecule has 1 aromatic rings. The Morgan fingerprint density at radius 3 is 2.50 bits per heavy atom. The number of alkyl halides is 2. The molecule has 0 aliphatic rings. The number of H-pyrrole nitrogens is 1. The molecule has 0 saturated heterocycles. The van der Waals surface area contributed by atoms with Gasteiger partial charge < -0.3 is 10.1 Å². The van der Waals surface area contributed by atoms with E-state index < -0.39 is 34.1 Å². The lowest BCUT2D eigenvalue weighted by molar-refractivity contribution is -0.391. The van der Waals surface area contributed by atoms with Crippen LogP contribution in [0.1, 0.15) is 12.0 Å². The molecule has 0 unspecified atom stereocenters. The van der Waals surface area contributed by atoms with E-state index in [1.54, 1.807) is 0 Å². The molecule has 1 heterocycles. The van der Waals surface area contributed by atoms with Gasteiger partial charge in [-0.15, -0.1) is 0 Å². The van der Waals surface area contributed by atoms with Crippen molar-refractivity contribution in [3.8, 4) is 0 Å². The van der Waals surface area contributed by atoms with Crippen LogP contribution < -0.4 is 5.56 Å². The molecule has 0 aromatic carbocycles. The molecule has 76 valence electrons. The number of halogens is 3. The first kappa shape index (κ1) is 10.2. The molecule has 0 saturated carbocycles. The van der Waals surface area contributed by atoms with E-state index in [2.05, 4.69) is 0 Å². The van der Waals surface area contributed by atoms with Crippen LogP contribution in [0, 0.1) is 15.9 Å². The maximum atomic E-state index is 12.7. The fourth-order valence-electron chi connectivity index (χ4n) is 0.878. The van der Waals surface area contributed by atoms with E-state index in [0.717, 1.165) is 0 Å². The molecular weight excluding hydrogens is 205 g/mol. The van der Waals surface area contributed by atoms with Gasteiger partial charge in [0, 0.05) is 0 Å². The quantitative estimate of drug-likeness (QED) is 0.588. The Morgan fingerprint density at radius 1 is 1.50 bits per heavy atom. The summed E-state index contributed by atoms with van der Waals surface area (Å²) in [4.78, 5) is 21.0. The van der Waals surface area contributed by atoms with Crippen LogP contribution in [0.5, 0.6) is 0 Å². The molecule has 0 amide bonds. The van der Waals surface area contributed by atoms with Crippen molar-refractivity contribution >= 4 is 5.82 Å². The Morgan fingerprint density at radius 2 is 2.07 bits per heavy atom. The van der Waals surface area contributed by atoms with Crippen LogP contribution in [0.25, 0.3) is 0 Å². The van der Waals surface area contributed by atoms with Crippen molar-refractivity contribution in [2.24, 2.45) is 0 Å². The van der Waals surface area contributed by atoms with Gasteiger partial charge in [-0.3, -0.25) is 0 Å². The summed E-state index contributed by atoms with van der Waals surface area (Å²) in [5, 5.41) is 10.2. The molecule has 0 atom stereocenters. The summed E-state index contributed by atoms with van der Waals surface area (Å²) in [6.07, 6.45) is -3.35. The monoisotopic (exact) mass is 208 g/mol. The summed E-state index contributed by atoms with van der Waals surface area (Å²) in [6.45, 7) is 0. The lowest BCUT2D eigenvalue weighted by Gasteiger charge is -2.02. The lowest BCUT2D eigenvalue weighted by atomic mass is 10.2. The first-order valence-corrected chi connectivity index (χ1v) is 3.28. The Kier molecular flexibility index (Phi) is 2.54. The van der Waals surface area contributed by atoms with Gasteiger partial charge in [-0.1, -0.05) is 0 Å². The van der Waals surface area contributed by atoms with Gasteiger partial charge in [-0.05, 0) is 4.92 Å². The SMILES string of the molecule is O=c1cc(F)c(C(F)F)c([N+](=O)[O-])[nH]1. The standard InChI is InChI=1S/C6H3F3N2O3/c7-2-1-3(12)10-6(11(13)14)4(2)5(8)9/h1,5H,(H,10,12). The molecule has 0 bridgehead atoms. The fourth-order valence-corrected chi connectivity index (χ4v) is 0.878. The predicted molar refractivity (Wildman–Crippen MR) is 38.6 cm³/mol. The van der Waals surface area contributed by atoms with Crippen molar-refractivity contribution in [3.05, 3.63) is 37.9 Å².